The summed E-state index contributed by atoms with van der Waals surface area (Å²) >= 11 is 0. The van der Waals surface area contributed by atoms with Gasteiger partial charge in [-0.3, -0.25) is 14.9 Å². The molecule has 136 valence electrons. The number of aliphatic hydroxyl groups is 1. The first-order valence-electron chi connectivity index (χ1n) is 8.73. The van der Waals surface area contributed by atoms with Gasteiger partial charge >= 0.3 is 0 Å². The molecule has 2 unspecified atom stereocenters. The first-order chi connectivity index (χ1) is 12.4. The number of hydrogen-bond donors (Lipinski definition) is 1. The van der Waals surface area contributed by atoms with Gasteiger partial charge in [-0.15, -0.1) is 0 Å². The van der Waals surface area contributed by atoms with Crippen LogP contribution < -0.4 is 10.3 Å². The van der Waals surface area contributed by atoms with E-state index in [2.05, 4.69) is 0 Å². The van der Waals surface area contributed by atoms with E-state index in [9.17, 15) is 20.0 Å². The Labute approximate surface area is 150 Å². The van der Waals surface area contributed by atoms with Gasteiger partial charge in [-0.1, -0.05) is 6.07 Å². The van der Waals surface area contributed by atoms with Crippen molar-refractivity contribution in [1.82, 2.24) is 4.57 Å². The molecule has 2 heterocycles. The number of aromatic nitrogens is 1. The molecule has 1 spiro atoms. The highest BCUT2D eigenvalue weighted by atomic mass is 16.6. The van der Waals surface area contributed by atoms with Gasteiger partial charge in [0.2, 0.25) is 0 Å². The minimum absolute atomic E-state index is 0.0977. The minimum Gasteiger partial charge on any atom is -0.484 e. The number of fused-ring (bicyclic) bond motifs is 1. The number of rotatable bonds is 2. The quantitative estimate of drug-likeness (QED) is 0.659. The van der Waals surface area contributed by atoms with Gasteiger partial charge in [0.15, 0.2) is 0 Å². The van der Waals surface area contributed by atoms with E-state index >= 15 is 0 Å². The van der Waals surface area contributed by atoms with Crippen LogP contribution >= 0.6 is 0 Å². The van der Waals surface area contributed by atoms with Gasteiger partial charge in [0.1, 0.15) is 17.0 Å². The number of nitrogens with zero attached hydrogens (tertiary/aromatic N) is 2. The van der Waals surface area contributed by atoms with Crippen LogP contribution in [0.2, 0.25) is 0 Å². The van der Waals surface area contributed by atoms with Crippen LogP contribution in [0.25, 0.3) is 0 Å². The van der Waals surface area contributed by atoms with Crippen LogP contribution in [0.15, 0.2) is 47.4 Å². The zero-order chi connectivity index (χ0) is 18.5. The Morgan fingerprint density at radius 2 is 2.00 bits per heavy atom. The predicted molar refractivity (Wildman–Crippen MR) is 94.4 cm³/mol. The zero-order valence-corrected chi connectivity index (χ0v) is 14.4. The zero-order valence-electron chi connectivity index (χ0n) is 14.4. The van der Waals surface area contributed by atoms with E-state index in [0.717, 1.165) is 12.8 Å². The van der Waals surface area contributed by atoms with E-state index in [0.29, 0.717) is 24.2 Å². The summed E-state index contributed by atoms with van der Waals surface area (Å²) in [6, 6.07) is 8.37. The highest BCUT2D eigenvalue weighted by molar-refractivity contribution is 5.49. The molecule has 0 bridgehead atoms. The highest BCUT2D eigenvalue weighted by Crippen LogP contribution is 2.54. The molecule has 0 amide bonds. The van der Waals surface area contributed by atoms with E-state index in [-0.39, 0.29) is 11.2 Å². The molecule has 1 fully saturated rings. The van der Waals surface area contributed by atoms with Crippen molar-refractivity contribution < 1.29 is 14.8 Å². The fraction of sp³-hybridized carbons (Fsp3) is 0.421. The van der Waals surface area contributed by atoms with E-state index in [1.165, 1.54) is 22.8 Å². The molecule has 1 aliphatic heterocycles. The van der Waals surface area contributed by atoms with E-state index < -0.39 is 22.2 Å². The van der Waals surface area contributed by atoms with Crippen molar-refractivity contribution in [1.29, 1.82) is 0 Å². The molecule has 4 rings (SSSR count). The average molecular weight is 356 g/mol. The number of ether oxygens (including phenoxy) is 1. The van der Waals surface area contributed by atoms with Crippen LogP contribution in [0.5, 0.6) is 5.75 Å². The molecular weight excluding hydrogens is 336 g/mol. The fourth-order valence-electron chi connectivity index (χ4n) is 4.45. The summed E-state index contributed by atoms with van der Waals surface area (Å²) in [5.74, 6) is 0.491. The van der Waals surface area contributed by atoms with Gasteiger partial charge in [0, 0.05) is 30.0 Å². The molecule has 1 aromatic heterocycles. The second-order valence-electron chi connectivity index (χ2n) is 7.28. The van der Waals surface area contributed by atoms with Crippen LogP contribution in [-0.2, 0) is 0 Å². The van der Waals surface area contributed by atoms with Crippen LogP contribution in [0, 0.1) is 10.1 Å². The lowest BCUT2D eigenvalue weighted by molar-refractivity contribution is -0.385. The standard InChI is InChI=1S/C19H20N2O5/c1-18(23)17(20-11-5-2-6-16(20)22)14-12-13(21(24)25)7-8-15(14)26-19(18)9-3-4-10-19/h2,5-8,11-12,17,23H,3-4,9-10H2,1H3. The van der Waals surface area contributed by atoms with Crippen molar-refractivity contribution >= 4 is 5.69 Å². The normalized spacial score (nSPS) is 26.3. The molecule has 1 aliphatic carbocycles. The Bertz CT molecular complexity index is 928. The lowest BCUT2D eigenvalue weighted by Gasteiger charge is -2.51. The molecule has 7 heteroatoms. The Morgan fingerprint density at radius 1 is 1.27 bits per heavy atom. The van der Waals surface area contributed by atoms with Crippen molar-refractivity contribution in [3.63, 3.8) is 0 Å². The Balaban J connectivity index is 1.99. The van der Waals surface area contributed by atoms with Crippen LogP contribution in [0.4, 0.5) is 5.69 Å². The topological polar surface area (TPSA) is 94.6 Å². The fourth-order valence-corrected chi connectivity index (χ4v) is 4.45. The summed E-state index contributed by atoms with van der Waals surface area (Å²) in [7, 11) is 0. The molecule has 1 N–H and O–H groups in total. The Morgan fingerprint density at radius 3 is 2.65 bits per heavy atom. The highest BCUT2D eigenvalue weighted by Gasteiger charge is 2.59. The average Bonchev–Trinajstić information content (AvgIpc) is 3.07. The first-order valence-corrected chi connectivity index (χ1v) is 8.73. The molecule has 1 aromatic carbocycles. The molecular formula is C19H20N2O5. The summed E-state index contributed by atoms with van der Waals surface area (Å²) in [5.41, 5.74) is -2.12. The molecule has 0 radical (unpaired) electrons. The molecule has 2 aromatic rings. The lowest BCUT2D eigenvalue weighted by atomic mass is 9.72. The summed E-state index contributed by atoms with van der Waals surface area (Å²) in [6.45, 7) is 1.67. The third kappa shape index (κ3) is 2.27. The predicted octanol–water partition coefficient (Wildman–Crippen LogP) is 2.80. The van der Waals surface area contributed by atoms with Gasteiger partial charge in [0.05, 0.1) is 11.0 Å². The van der Waals surface area contributed by atoms with Gasteiger partial charge in [-0.05, 0) is 44.7 Å². The van der Waals surface area contributed by atoms with Gasteiger partial charge in [-0.25, -0.2) is 0 Å². The monoisotopic (exact) mass is 356 g/mol. The summed E-state index contributed by atoms with van der Waals surface area (Å²) in [5, 5.41) is 22.8. The van der Waals surface area contributed by atoms with Crippen LogP contribution in [-0.4, -0.2) is 25.8 Å². The number of benzene rings is 1. The maximum atomic E-state index is 12.5. The van der Waals surface area contributed by atoms with Gasteiger partial charge in [0.25, 0.3) is 11.2 Å². The van der Waals surface area contributed by atoms with E-state index in [4.69, 9.17) is 4.74 Å². The molecule has 2 aliphatic rings. The SMILES string of the molecule is CC1(O)C(n2ccccc2=O)c2cc([N+](=O)[O-])ccc2OC12CCCC2. The van der Waals surface area contributed by atoms with Crippen molar-refractivity contribution in [2.24, 2.45) is 0 Å². The van der Waals surface area contributed by atoms with Crippen molar-refractivity contribution in [2.45, 2.75) is 49.9 Å². The molecule has 1 saturated carbocycles. The molecule has 0 saturated heterocycles. The smallest absolute Gasteiger partial charge is 0.270 e. The van der Waals surface area contributed by atoms with Gasteiger partial charge in [-0.2, -0.15) is 0 Å². The third-order valence-electron chi connectivity index (χ3n) is 5.80. The molecule has 26 heavy (non-hydrogen) atoms. The second-order valence-corrected chi connectivity index (χ2v) is 7.28. The Hall–Kier alpha value is -2.67. The number of non-ortho nitro benzene ring substituents is 1. The first kappa shape index (κ1) is 16.8. The number of nitro groups is 1. The van der Waals surface area contributed by atoms with E-state index in [1.54, 1.807) is 31.3 Å². The van der Waals surface area contributed by atoms with Crippen molar-refractivity contribution in [3.8, 4) is 5.75 Å². The van der Waals surface area contributed by atoms with Crippen LogP contribution in [0.1, 0.15) is 44.2 Å². The largest absolute Gasteiger partial charge is 0.484 e. The number of pyridine rings is 1. The maximum absolute atomic E-state index is 12.5. The molecule has 7 nitrogen and oxygen atoms in total. The second kappa shape index (κ2) is 5.67. The minimum atomic E-state index is -1.39. The molecule has 2 atom stereocenters. The number of hydrogen-bond acceptors (Lipinski definition) is 5. The summed E-state index contributed by atoms with van der Waals surface area (Å²) < 4.78 is 7.68. The lowest BCUT2D eigenvalue weighted by Crippen LogP contribution is -2.62. The Kier molecular flexibility index (Phi) is 3.66. The van der Waals surface area contributed by atoms with Crippen molar-refractivity contribution in [2.75, 3.05) is 0 Å². The van der Waals surface area contributed by atoms with Gasteiger partial charge < -0.3 is 14.4 Å². The number of nitro benzene ring substituents is 1. The van der Waals surface area contributed by atoms with E-state index in [1.807, 2.05) is 0 Å². The van der Waals surface area contributed by atoms with Crippen molar-refractivity contribution in [3.05, 3.63) is 68.6 Å². The summed E-state index contributed by atoms with van der Waals surface area (Å²) in [6.07, 6.45) is 4.81. The maximum Gasteiger partial charge on any atom is 0.270 e. The summed E-state index contributed by atoms with van der Waals surface area (Å²) in [4.78, 5) is 23.3. The third-order valence-corrected chi connectivity index (χ3v) is 5.80. The van der Waals surface area contributed by atoms with Crippen LogP contribution in [0.3, 0.4) is 0 Å².